The highest BCUT2D eigenvalue weighted by atomic mass is 14.7. The van der Waals surface area contributed by atoms with Crippen LogP contribution in [0, 0.1) is 23.7 Å². The third-order valence-corrected chi connectivity index (χ3v) is 4.82. The van der Waals surface area contributed by atoms with Crippen molar-refractivity contribution >= 4 is 0 Å². The summed E-state index contributed by atoms with van der Waals surface area (Å²) in [4.78, 5) is 0. The van der Waals surface area contributed by atoms with Gasteiger partial charge in [0.05, 0.1) is 0 Å². The van der Waals surface area contributed by atoms with Crippen molar-refractivity contribution in [3.63, 3.8) is 0 Å². The quantitative estimate of drug-likeness (QED) is 0.720. The molecule has 0 spiro atoms. The number of hydrogen-bond acceptors (Lipinski definition) is 1. The summed E-state index contributed by atoms with van der Waals surface area (Å²) < 4.78 is 0. The smallest absolute Gasteiger partial charge is 0.00697 e. The molecule has 1 nitrogen and oxygen atoms in total. The molecule has 0 aromatic rings. The van der Waals surface area contributed by atoms with Gasteiger partial charge in [-0.15, -0.1) is 0 Å². The number of hydrogen-bond donors (Lipinski definition) is 1. The molecule has 0 aliphatic heterocycles. The fourth-order valence-corrected chi connectivity index (χ4v) is 3.51. The number of rotatable bonds is 6. The van der Waals surface area contributed by atoms with E-state index < -0.39 is 0 Å². The minimum Gasteiger partial charge on any atom is -0.327 e. The maximum Gasteiger partial charge on any atom is 0.00697 e. The van der Waals surface area contributed by atoms with Crippen LogP contribution in [0.1, 0.15) is 72.6 Å². The van der Waals surface area contributed by atoms with Crippen molar-refractivity contribution in [1.82, 2.24) is 0 Å². The highest BCUT2D eigenvalue weighted by Crippen LogP contribution is 2.35. The van der Waals surface area contributed by atoms with Crippen LogP contribution >= 0.6 is 0 Å². The molecule has 0 aromatic heterocycles. The van der Waals surface area contributed by atoms with Crippen LogP contribution in [-0.2, 0) is 0 Å². The van der Waals surface area contributed by atoms with E-state index in [9.17, 15) is 0 Å². The average Bonchev–Trinajstić information content (AvgIpc) is 2.29. The second-order valence-corrected chi connectivity index (χ2v) is 6.71. The Balaban J connectivity index is 2.28. The highest BCUT2D eigenvalue weighted by Gasteiger charge is 2.27. The monoisotopic (exact) mass is 239 g/mol. The van der Waals surface area contributed by atoms with Gasteiger partial charge in [-0.05, 0) is 55.8 Å². The molecule has 1 aliphatic rings. The van der Waals surface area contributed by atoms with Crippen molar-refractivity contribution in [2.24, 2.45) is 29.4 Å². The standard InChI is InChI=1S/C16H33N/c1-5-6-13(4)11-16(17)15-9-7-14(8-10-15)12(2)3/h12-16H,5-11,17H2,1-4H3. The van der Waals surface area contributed by atoms with Crippen LogP contribution in [0.2, 0.25) is 0 Å². The summed E-state index contributed by atoms with van der Waals surface area (Å²) in [5.41, 5.74) is 6.40. The molecule has 0 radical (unpaired) electrons. The van der Waals surface area contributed by atoms with E-state index in [1.165, 1.54) is 44.9 Å². The third kappa shape index (κ3) is 4.99. The molecule has 0 aromatic carbocycles. The molecular formula is C16H33N. The van der Waals surface area contributed by atoms with E-state index in [0.29, 0.717) is 6.04 Å². The molecule has 0 amide bonds. The van der Waals surface area contributed by atoms with Gasteiger partial charge >= 0.3 is 0 Å². The molecule has 102 valence electrons. The van der Waals surface area contributed by atoms with E-state index in [0.717, 1.165) is 23.7 Å². The normalized spacial score (nSPS) is 29.3. The summed E-state index contributed by atoms with van der Waals surface area (Å²) in [5, 5.41) is 0. The zero-order valence-corrected chi connectivity index (χ0v) is 12.4. The average molecular weight is 239 g/mol. The van der Waals surface area contributed by atoms with E-state index in [2.05, 4.69) is 27.7 Å². The first kappa shape index (κ1) is 15.0. The summed E-state index contributed by atoms with van der Waals surface area (Å²) in [7, 11) is 0. The summed E-state index contributed by atoms with van der Waals surface area (Å²) in [6.45, 7) is 9.38. The summed E-state index contributed by atoms with van der Waals surface area (Å²) in [6, 6.07) is 0.463. The van der Waals surface area contributed by atoms with Crippen molar-refractivity contribution in [1.29, 1.82) is 0 Å². The minimum atomic E-state index is 0.463. The summed E-state index contributed by atoms with van der Waals surface area (Å²) in [5.74, 6) is 3.46. The topological polar surface area (TPSA) is 26.0 Å². The SMILES string of the molecule is CCCC(C)CC(N)C1CCC(C(C)C)CC1. The van der Waals surface area contributed by atoms with E-state index in [1.807, 2.05) is 0 Å². The minimum absolute atomic E-state index is 0.463. The zero-order valence-electron chi connectivity index (χ0n) is 12.4. The Labute approximate surface area is 109 Å². The molecule has 17 heavy (non-hydrogen) atoms. The van der Waals surface area contributed by atoms with E-state index in [4.69, 9.17) is 5.73 Å². The first-order chi connectivity index (χ1) is 8.04. The van der Waals surface area contributed by atoms with Gasteiger partial charge < -0.3 is 5.73 Å². The van der Waals surface area contributed by atoms with E-state index in [-0.39, 0.29) is 0 Å². The van der Waals surface area contributed by atoms with Gasteiger partial charge in [0.2, 0.25) is 0 Å². The lowest BCUT2D eigenvalue weighted by Crippen LogP contribution is -2.35. The lowest BCUT2D eigenvalue weighted by atomic mass is 9.73. The largest absolute Gasteiger partial charge is 0.327 e. The van der Waals surface area contributed by atoms with Gasteiger partial charge in [0.1, 0.15) is 0 Å². The maximum absolute atomic E-state index is 6.40. The molecule has 0 saturated heterocycles. The van der Waals surface area contributed by atoms with Crippen LogP contribution in [0.25, 0.3) is 0 Å². The molecule has 1 heteroatoms. The van der Waals surface area contributed by atoms with E-state index in [1.54, 1.807) is 0 Å². The van der Waals surface area contributed by atoms with Gasteiger partial charge in [0.15, 0.2) is 0 Å². The Morgan fingerprint density at radius 1 is 1.00 bits per heavy atom. The summed E-state index contributed by atoms with van der Waals surface area (Å²) in [6.07, 6.45) is 9.47. The first-order valence-corrected chi connectivity index (χ1v) is 7.80. The Kier molecular flexibility index (Phi) is 6.54. The predicted molar refractivity (Wildman–Crippen MR) is 77.0 cm³/mol. The van der Waals surface area contributed by atoms with Gasteiger partial charge in [-0.3, -0.25) is 0 Å². The molecule has 1 saturated carbocycles. The Morgan fingerprint density at radius 3 is 2.00 bits per heavy atom. The Hall–Kier alpha value is -0.0400. The van der Waals surface area contributed by atoms with Crippen LogP contribution in [-0.4, -0.2) is 6.04 Å². The molecule has 2 atom stereocenters. The van der Waals surface area contributed by atoms with E-state index >= 15 is 0 Å². The van der Waals surface area contributed by atoms with Crippen LogP contribution in [0.3, 0.4) is 0 Å². The Bertz CT molecular complexity index is 192. The molecule has 0 bridgehead atoms. The van der Waals surface area contributed by atoms with Gasteiger partial charge in [-0.25, -0.2) is 0 Å². The lowest BCUT2D eigenvalue weighted by Gasteiger charge is -2.34. The molecule has 1 fully saturated rings. The van der Waals surface area contributed by atoms with Crippen LogP contribution in [0.4, 0.5) is 0 Å². The Morgan fingerprint density at radius 2 is 1.53 bits per heavy atom. The van der Waals surface area contributed by atoms with Crippen molar-refractivity contribution in [3.05, 3.63) is 0 Å². The van der Waals surface area contributed by atoms with Crippen LogP contribution in [0.15, 0.2) is 0 Å². The fourth-order valence-electron chi connectivity index (χ4n) is 3.51. The van der Waals surface area contributed by atoms with Gasteiger partial charge in [-0.1, -0.05) is 40.5 Å². The molecule has 2 unspecified atom stereocenters. The molecular weight excluding hydrogens is 206 g/mol. The van der Waals surface area contributed by atoms with Gasteiger partial charge in [0, 0.05) is 6.04 Å². The lowest BCUT2D eigenvalue weighted by molar-refractivity contribution is 0.191. The second kappa shape index (κ2) is 7.41. The third-order valence-electron chi connectivity index (χ3n) is 4.82. The van der Waals surface area contributed by atoms with Crippen LogP contribution < -0.4 is 5.73 Å². The van der Waals surface area contributed by atoms with Crippen molar-refractivity contribution in [2.45, 2.75) is 78.7 Å². The zero-order chi connectivity index (χ0) is 12.8. The van der Waals surface area contributed by atoms with Crippen molar-refractivity contribution in [3.8, 4) is 0 Å². The molecule has 2 N–H and O–H groups in total. The molecule has 1 rings (SSSR count). The van der Waals surface area contributed by atoms with Gasteiger partial charge in [-0.2, -0.15) is 0 Å². The number of nitrogens with two attached hydrogens (primary N) is 1. The van der Waals surface area contributed by atoms with Gasteiger partial charge in [0.25, 0.3) is 0 Å². The molecule has 0 heterocycles. The maximum atomic E-state index is 6.40. The summed E-state index contributed by atoms with van der Waals surface area (Å²) >= 11 is 0. The van der Waals surface area contributed by atoms with Crippen molar-refractivity contribution < 1.29 is 0 Å². The van der Waals surface area contributed by atoms with Crippen LogP contribution in [0.5, 0.6) is 0 Å². The second-order valence-electron chi connectivity index (χ2n) is 6.71. The fraction of sp³-hybridized carbons (Fsp3) is 1.00. The molecule has 1 aliphatic carbocycles. The predicted octanol–water partition coefficient (Wildman–Crippen LogP) is 4.60. The first-order valence-electron chi connectivity index (χ1n) is 7.80. The highest BCUT2D eigenvalue weighted by molar-refractivity contribution is 4.81. The van der Waals surface area contributed by atoms with Crippen molar-refractivity contribution in [2.75, 3.05) is 0 Å².